The summed E-state index contributed by atoms with van der Waals surface area (Å²) in [6.07, 6.45) is -0.489. The van der Waals surface area contributed by atoms with Crippen LogP contribution in [0.3, 0.4) is 0 Å². The van der Waals surface area contributed by atoms with Crippen molar-refractivity contribution in [3.8, 4) is 5.75 Å². The van der Waals surface area contributed by atoms with Crippen LogP contribution in [0.15, 0.2) is 18.2 Å². The molecule has 1 saturated carbocycles. The largest absolute Gasteiger partial charge is 0.491 e. The molecule has 0 aliphatic heterocycles. The monoisotopic (exact) mass is 291 g/mol. The Morgan fingerprint density at radius 2 is 1.81 bits per heavy atom. The van der Waals surface area contributed by atoms with Gasteiger partial charge in [0, 0.05) is 12.6 Å². The highest BCUT2D eigenvalue weighted by Gasteiger charge is 2.64. The van der Waals surface area contributed by atoms with E-state index in [1.54, 1.807) is 0 Å². The molecule has 21 heavy (non-hydrogen) atoms. The highest BCUT2D eigenvalue weighted by molar-refractivity contribution is 5.35. The maximum absolute atomic E-state index is 10.1. The molecule has 118 valence electrons. The van der Waals surface area contributed by atoms with E-state index in [2.05, 4.69) is 39.1 Å². The lowest BCUT2D eigenvalue weighted by Gasteiger charge is -2.15. The average Bonchev–Trinajstić information content (AvgIpc) is 2.78. The van der Waals surface area contributed by atoms with Gasteiger partial charge in [0.15, 0.2) is 0 Å². The molecule has 0 heterocycles. The van der Waals surface area contributed by atoms with Gasteiger partial charge in [-0.3, -0.25) is 0 Å². The maximum atomic E-state index is 10.1. The van der Waals surface area contributed by atoms with Crippen LogP contribution in [-0.4, -0.2) is 30.4 Å². The Kier molecular flexibility index (Phi) is 4.36. The first-order valence-corrected chi connectivity index (χ1v) is 7.78. The molecular weight excluding hydrogens is 262 g/mol. The second-order valence-electron chi connectivity index (χ2n) is 7.52. The summed E-state index contributed by atoms with van der Waals surface area (Å²) in [6.45, 7) is 14.0. The molecule has 0 aromatic heterocycles. The Balaban J connectivity index is 1.78. The zero-order valence-corrected chi connectivity index (χ0v) is 14.2. The third kappa shape index (κ3) is 3.24. The van der Waals surface area contributed by atoms with Crippen LogP contribution >= 0.6 is 0 Å². The molecule has 1 aliphatic rings. The lowest BCUT2D eigenvalue weighted by molar-refractivity contribution is 0.104. The summed E-state index contributed by atoms with van der Waals surface area (Å²) in [6, 6.07) is 6.59. The molecule has 2 N–H and O–H groups in total. The molecule has 3 nitrogen and oxygen atoms in total. The van der Waals surface area contributed by atoms with Crippen molar-refractivity contribution in [2.45, 2.75) is 53.7 Å². The van der Waals surface area contributed by atoms with E-state index in [9.17, 15) is 5.11 Å². The number of rotatable bonds is 6. The molecule has 1 aromatic rings. The van der Waals surface area contributed by atoms with Gasteiger partial charge in [-0.15, -0.1) is 0 Å². The Bertz CT molecular complexity index is 494. The maximum Gasteiger partial charge on any atom is 0.122 e. The van der Waals surface area contributed by atoms with Crippen LogP contribution in [0.25, 0.3) is 0 Å². The van der Waals surface area contributed by atoms with E-state index in [1.807, 2.05) is 26.0 Å². The van der Waals surface area contributed by atoms with Crippen molar-refractivity contribution in [1.82, 2.24) is 5.32 Å². The molecule has 2 rings (SSSR count). The number of hydrogen-bond donors (Lipinski definition) is 2. The van der Waals surface area contributed by atoms with Crippen LogP contribution < -0.4 is 10.1 Å². The Morgan fingerprint density at radius 1 is 1.19 bits per heavy atom. The molecule has 0 spiro atoms. The smallest absolute Gasteiger partial charge is 0.122 e. The Labute approximate surface area is 128 Å². The highest BCUT2D eigenvalue weighted by atomic mass is 16.5. The van der Waals surface area contributed by atoms with E-state index in [0.717, 1.165) is 11.3 Å². The predicted octanol–water partition coefficient (Wildman–Crippen LogP) is 3.07. The summed E-state index contributed by atoms with van der Waals surface area (Å²) in [7, 11) is 0. The van der Waals surface area contributed by atoms with Crippen LogP contribution in [-0.2, 0) is 0 Å². The van der Waals surface area contributed by atoms with Crippen molar-refractivity contribution in [2.75, 3.05) is 13.2 Å². The van der Waals surface area contributed by atoms with Gasteiger partial charge in [-0.2, -0.15) is 0 Å². The summed E-state index contributed by atoms with van der Waals surface area (Å²) >= 11 is 0. The van der Waals surface area contributed by atoms with Gasteiger partial charge < -0.3 is 15.2 Å². The molecule has 0 amide bonds. The second kappa shape index (κ2) is 5.62. The van der Waals surface area contributed by atoms with Gasteiger partial charge in [-0.25, -0.2) is 0 Å². The molecule has 0 saturated heterocycles. The lowest BCUT2D eigenvalue weighted by atomic mass is 10.0. The molecule has 1 aromatic carbocycles. The molecule has 1 atom stereocenters. The van der Waals surface area contributed by atoms with Gasteiger partial charge in [0.1, 0.15) is 18.5 Å². The van der Waals surface area contributed by atoms with Crippen LogP contribution in [0.2, 0.25) is 0 Å². The van der Waals surface area contributed by atoms with E-state index < -0.39 is 6.10 Å². The van der Waals surface area contributed by atoms with Gasteiger partial charge in [0.05, 0.1) is 0 Å². The van der Waals surface area contributed by atoms with Gasteiger partial charge in [-0.1, -0.05) is 39.8 Å². The minimum Gasteiger partial charge on any atom is -0.491 e. The molecule has 1 aliphatic carbocycles. The SMILES string of the molecule is Cc1ccc(C)c(OCC(O)CNC2C(C)(C)C2(C)C)c1. The van der Waals surface area contributed by atoms with E-state index in [0.29, 0.717) is 30.0 Å². The molecule has 1 fully saturated rings. The summed E-state index contributed by atoms with van der Waals surface area (Å²) in [5.74, 6) is 0.862. The van der Waals surface area contributed by atoms with E-state index in [1.165, 1.54) is 5.56 Å². The van der Waals surface area contributed by atoms with E-state index in [-0.39, 0.29) is 0 Å². The minimum atomic E-state index is -0.489. The summed E-state index contributed by atoms with van der Waals surface area (Å²) in [4.78, 5) is 0. The molecule has 3 heteroatoms. The summed E-state index contributed by atoms with van der Waals surface area (Å²) in [5.41, 5.74) is 2.86. The summed E-state index contributed by atoms with van der Waals surface area (Å²) in [5, 5.41) is 13.6. The number of ether oxygens (including phenoxy) is 1. The number of hydrogen-bond acceptors (Lipinski definition) is 3. The van der Waals surface area contributed by atoms with Crippen molar-refractivity contribution in [1.29, 1.82) is 0 Å². The molecule has 0 radical (unpaired) electrons. The fourth-order valence-corrected chi connectivity index (χ4v) is 3.07. The fraction of sp³-hybridized carbons (Fsp3) is 0.667. The van der Waals surface area contributed by atoms with Crippen molar-refractivity contribution < 1.29 is 9.84 Å². The molecule has 0 bridgehead atoms. The van der Waals surface area contributed by atoms with Crippen molar-refractivity contribution >= 4 is 0 Å². The van der Waals surface area contributed by atoms with Crippen molar-refractivity contribution in [3.63, 3.8) is 0 Å². The Morgan fingerprint density at radius 3 is 2.38 bits per heavy atom. The average molecular weight is 291 g/mol. The van der Waals surface area contributed by atoms with Crippen LogP contribution in [0.1, 0.15) is 38.8 Å². The number of benzene rings is 1. The highest BCUT2D eigenvalue weighted by Crippen LogP contribution is 2.62. The number of nitrogens with one attached hydrogen (secondary N) is 1. The topological polar surface area (TPSA) is 41.5 Å². The summed E-state index contributed by atoms with van der Waals surface area (Å²) < 4.78 is 5.75. The van der Waals surface area contributed by atoms with E-state index >= 15 is 0 Å². The normalized spacial score (nSPS) is 21.1. The molecule has 1 unspecified atom stereocenters. The van der Waals surface area contributed by atoms with Crippen molar-refractivity contribution in [3.05, 3.63) is 29.3 Å². The zero-order valence-electron chi connectivity index (χ0n) is 14.2. The first-order chi connectivity index (χ1) is 9.66. The van der Waals surface area contributed by atoms with Crippen LogP contribution in [0.4, 0.5) is 0 Å². The lowest BCUT2D eigenvalue weighted by Crippen LogP contribution is -2.35. The predicted molar refractivity (Wildman–Crippen MR) is 86.8 cm³/mol. The minimum absolute atomic E-state index is 0.292. The molecular formula is C18H29NO2. The first kappa shape index (κ1) is 16.3. The Hall–Kier alpha value is -1.06. The van der Waals surface area contributed by atoms with Gasteiger partial charge in [0.25, 0.3) is 0 Å². The van der Waals surface area contributed by atoms with Crippen LogP contribution in [0.5, 0.6) is 5.75 Å². The number of aliphatic hydroxyl groups excluding tert-OH is 1. The quantitative estimate of drug-likeness (QED) is 0.846. The third-order valence-corrected chi connectivity index (χ3v) is 5.35. The zero-order chi connectivity index (χ0) is 15.8. The van der Waals surface area contributed by atoms with Gasteiger partial charge in [0.2, 0.25) is 0 Å². The second-order valence-corrected chi connectivity index (χ2v) is 7.52. The van der Waals surface area contributed by atoms with Gasteiger partial charge >= 0.3 is 0 Å². The van der Waals surface area contributed by atoms with Gasteiger partial charge in [-0.05, 0) is 41.9 Å². The fourth-order valence-electron chi connectivity index (χ4n) is 3.07. The number of aliphatic hydroxyl groups is 1. The van der Waals surface area contributed by atoms with Crippen LogP contribution in [0, 0.1) is 24.7 Å². The van der Waals surface area contributed by atoms with E-state index in [4.69, 9.17) is 4.74 Å². The first-order valence-electron chi connectivity index (χ1n) is 7.78. The number of aryl methyl sites for hydroxylation is 2. The standard InChI is InChI=1S/C18H29NO2/c1-12-7-8-13(2)15(9-12)21-11-14(20)10-19-16-17(3,4)18(16,5)6/h7-9,14,16,19-20H,10-11H2,1-6H3. The van der Waals surface area contributed by atoms with Crippen molar-refractivity contribution in [2.24, 2.45) is 10.8 Å². The third-order valence-electron chi connectivity index (χ3n) is 5.35.